The summed E-state index contributed by atoms with van der Waals surface area (Å²) >= 11 is 2.77. The average Bonchev–Trinajstić information content (AvgIpc) is 3.47. The first-order valence-electron chi connectivity index (χ1n) is 8.95. The molecule has 4 aromatic heterocycles. The number of thiazole rings is 2. The first-order valence-corrected chi connectivity index (χ1v) is 10.6. The number of nitrogens with one attached hydrogen (secondary N) is 1. The van der Waals surface area contributed by atoms with Crippen LogP contribution in [0.2, 0.25) is 0 Å². The summed E-state index contributed by atoms with van der Waals surface area (Å²) in [7, 11) is 0. The van der Waals surface area contributed by atoms with Crippen molar-refractivity contribution in [1.82, 2.24) is 19.5 Å². The molecule has 5 aromatic rings. The number of halogens is 1. The van der Waals surface area contributed by atoms with Crippen molar-refractivity contribution in [3.8, 4) is 0 Å². The Hall–Kier alpha value is -3.21. The Labute approximate surface area is 177 Å². The smallest absolute Gasteiger partial charge is 0.272 e. The van der Waals surface area contributed by atoms with Crippen LogP contribution in [0, 0.1) is 5.82 Å². The largest absolute Gasteiger partial charge is 0.389 e. The van der Waals surface area contributed by atoms with Crippen molar-refractivity contribution in [2.45, 2.75) is 13.2 Å². The zero-order valence-electron chi connectivity index (χ0n) is 15.4. The third-order valence-corrected chi connectivity index (χ3v) is 6.29. The normalized spacial score (nSPS) is 11.4. The second-order valence-electron chi connectivity index (χ2n) is 6.51. The highest BCUT2D eigenvalue weighted by Crippen LogP contribution is 2.26. The molecule has 1 aromatic carbocycles. The van der Waals surface area contributed by atoms with Crippen LogP contribution in [0.25, 0.3) is 21.3 Å². The summed E-state index contributed by atoms with van der Waals surface area (Å²) in [5.74, 6) is -0.715. The fraction of sp³-hybridized carbons (Fsp3) is 0.100. The van der Waals surface area contributed by atoms with Gasteiger partial charge >= 0.3 is 0 Å². The number of rotatable bonds is 5. The zero-order valence-corrected chi connectivity index (χ0v) is 17.0. The summed E-state index contributed by atoms with van der Waals surface area (Å²) < 4.78 is 15.6. The fourth-order valence-electron chi connectivity index (χ4n) is 3.25. The van der Waals surface area contributed by atoms with Crippen LogP contribution in [0.1, 0.15) is 20.5 Å². The maximum Gasteiger partial charge on any atom is 0.272 e. The number of aromatic nitrogens is 4. The van der Waals surface area contributed by atoms with Gasteiger partial charge in [0.05, 0.1) is 30.6 Å². The van der Waals surface area contributed by atoms with E-state index in [2.05, 4.69) is 20.3 Å². The van der Waals surface area contributed by atoms with Crippen molar-refractivity contribution < 1.29 is 14.3 Å². The molecule has 0 fully saturated rings. The number of hydrogen-bond acceptors (Lipinski definition) is 7. The van der Waals surface area contributed by atoms with E-state index in [1.54, 1.807) is 35.2 Å². The Balaban J connectivity index is 1.52. The van der Waals surface area contributed by atoms with Crippen molar-refractivity contribution in [2.75, 3.05) is 5.32 Å². The number of carbonyl (C=O) groups is 1. The van der Waals surface area contributed by atoms with E-state index in [9.17, 15) is 14.3 Å². The molecule has 0 unspecified atom stereocenters. The predicted molar refractivity (Wildman–Crippen MR) is 114 cm³/mol. The van der Waals surface area contributed by atoms with E-state index in [1.807, 2.05) is 5.38 Å². The second-order valence-corrected chi connectivity index (χ2v) is 8.55. The molecular weight excluding hydrogens is 425 g/mol. The van der Waals surface area contributed by atoms with Gasteiger partial charge in [-0.2, -0.15) is 0 Å². The summed E-state index contributed by atoms with van der Waals surface area (Å²) in [4.78, 5) is 26.6. The van der Waals surface area contributed by atoms with Crippen LogP contribution in [0.4, 0.5) is 10.1 Å². The lowest BCUT2D eigenvalue weighted by Gasteiger charge is -2.10. The molecule has 0 saturated carbocycles. The number of anilines is 1. The minimum Gasteiger partial charge on any atom is -0.389 e. The Bertz CT molecular complexity index is 1380. The van der Waals surface area contributed by atoms with Gasteiger partial charge in [0.2, 0.25) is 0 Å². The Morgan fingerprint density at radius 3 is 2.90 bits per heavy atom. The molecule has 0 atom stereocenters. The van der Waals surface area contributed by atoms with Crippen molar-refractivity contribution in [3.63, 3.8) is 0 Å². The van der Waals surface area contributed by atoms with Crippen LogP contribution in [0.5, 0.6) is 0 Å². The highest BCUT2D eigenvalue weighted by Gasteiger charge is 2.18. The minimum absolute atomic E-state index is 0.157. The number of pyridine rings is 1. The first-order chi connectivity index (χ1) is 14.6. The van der Waals surface area contributed by atoms with Crippen molar-refractivity contribution in [1.29, 1.82) is 0 Å². The lowest BCUT2D eigenvalue weighted by atomic mass is 10.2. The molecule has 0 saturated heterocycles. The van der Waals surface area contributed by atoms with E-state index < -0.39 is 0 Å². The molecule has 1 amide bonds. The molecule has 5 rings (SSSR count). The summed E-state index contributed by atoms with van der Waals surface area (Å²) in [6.07, 6.45) is 3.24. The molecule has 150 valence electrons. The number of aliphatic hydroxyl groups excluding tert-OH is 1. The third kappa shape index (κ3) is 3.45. The monoisotopic (exact) mass is 439 g/mol. The van der Waals surface area contributed by atoms with E-state index in [0.29, 0.717) is 38.8 Å². The fourth-order valence-corrected chi connectivity index (χ4v) is 4.60. The van der Waals surface area contributed by atoms with Crippen LogP contribution in [-0.4, -0.2) is 30.5 Å². The predicted octanol–water partition coefficient (Wildman–Crippen LogP) is 4.03. The van der Waals surface area contributed by atoms with E-state index in [4.69, 9.17) is 0 Å². The Kier molecular flexibility index (Phi) is 4.74. The molecule has 0 spiro atoms. The number of benzene rings is 1. The number of carbonyl (C=O) groups excluding carboxylic acids is 1. The van der Waals surface area contributed by atoms with E-state index >= 15 is 0 Å². The van der Waals surface area contributed by atoms with Gasteiger partial charge in [-0.25, -0.2) is 19.3 Å². The van der Waals surface area contributed by atoms with Crippen LogP contribution in [0.3, 0.4) is 0 Å². The quantitative estimate of drug-likeness (QED) is 0.431. The molecule has 0 aliphatic rings. The zero-order chi connectivity index (χ0) is 20.7. The van der Waals surface area contributed by atoms with Gasteiger partial charge in [0.25, 0.3) is 5.91 Å². The van der Waals surface area contributed by atoms with E-state index in [0.717, 1.165) is 10.4 Å². The Morgan fingerprint density at radius 2 is 2.10 bits per heavy atom. The van der Waals surface area contributed by atoms with Crippen molar-refractivity contribution in [3.05, 3.63) is 69.6 Å². The van der Waals surface area contributed by atoms with Gasteiger partial charge in [-0.05, 0) is 30.3 Å². The molecule has 0 aliphatic heterocycles. The van der Waals surface area contributed by atoms with Gasteiger partial charge in [-0.1, -0.05) is 11.3 Å². The second kappa shape index (κ2) is 7.56. The van der Waals surface area contributed by atoms with Crippen LogP contribution in [-0.2, 0) is 13.2 Å². The van der Waals surface area contributed by atoms with E-state index in [1.165, 1.54) is 34.8 Å². The lowest BCUT2D eigenvalue weighted by molar-refractivity contribution is 0.101. The van der Waals surface area contributed by atoms with Gasteiger partial charge in [0, 0.05) is 17.0 Å². The number of fused-ring (bicyclic) bond motifs is 2. The van der Waals surface area contributed by atoms with Crippen LogP contribution < -0.4 is 5.32 Å². The average molecular weight is 439 g/mol. The van der Waals surface area contributed by atoms with Gasteiger partial charge < -0.3 is 15.0 Å². The summed E-state index contributed by atoms with van der Waals surface area (Å²) in [5.41, 5.74) is 2.10. The topological polar surface area (TPSA) is 92.9 Å². The summed E-state index contributed by atoms with van der Waals surface area (Å²) in [5, 5.41) is 16.1. The summed E-state index contributed by atoms with van der Waals surface area (Å²) in [6, 6.07) is 7.88. The van der Waals surface area contributed by atoms with E-state index in [-0.39, 0.29) is 18.3 Å². The standard InChI is InChI=1S/C20H14FN5O2S2/c21-12-2-1-11-5-16(26(15(11)6-12)9-17-22-3-4-29-17)19(28)24-13-7-14-20(23-8-13)30-18(10-27)25-14/h1-8,27H,9-10H2,(H,24,28). The number of nitrogens with zero attached hydrogens (tertiary/aromatic N) is 4. The molecule has 10 heteroatoms. The molecule has 2 N–H and O–H groups in total. The number of aliphatic hydroxyl groups is 1. The van der Waals surface area contributed by atoms with Crippen molar-refractivity contribution >= 4 is 55.5 Å². The van der Waals surface area contributed by atoms with Gasteiger partial charge in [-0.3, -0.25) is 4.79 Å². The maximum atomic E-state index is 13.9. The molecule has 30 heavy (non-hydrogen) atoms. The van der Waals surface area contributed by atoms with Crippen LogP contribution in [0.15, 0.2) is 48.1 Å². The highest BCUT2D eigenvalue weighted by atomic mass is 32.1. The molecule has 4 heterocycles. The maximum absolute atomic E-state index is 13.9. The van der Waals surface area contributed by atoms with Gasteiger partial charge in [-0.15, -0.1) is 11.3 Å². The highest BCUT2D eigenvalue weighted by molar-refractivity contribution is 7.18. The molecular formula is C20H14FN5O2S2. The van der Waals surface area contributed by atoms with Crippen molar-refractivity contribution in [2.24, 2.45) is 0 Å². The third-order valence-electron chi connectivity index (χ3n) is 4.56. The van der Waals surface area contributed by atoms with Crippen LogP contribution >= 0.6 is 22.7 Å². The molecule has 0 aliphatic carbocycles. The molecule has 0 bridgehead atoms. The summed E-state index contributed by atoms with van der Waals surface area (Å²) in [6.45, 7) is 0.201. The molecule has 0 radical (unpaired) electrons. The molecule has 7 nitrogen and oxygen atoms in total. The lowest BCUT2D eigenvalue weighted by Crippen LogP contribution is -2.17. The Morgan fingerprint density at radius 1 is 1.20 bits per heavy atom. The van der Waals surface area contributed by atoms with Gasteiger partial charge in [0.15, 0.2) is 0 Å². The number of hydrogen-bond donors (Lipinski definition) is 2. The van der Waals surface area contributed by atoms with Gasteiger partial charge in [0.1, 0.15) is 31.9 Å². The SMILES string of the molecule is O=C(Nc1cnc2sc(CO)nc2c1)c1cc2ccc(F)cc2n1Cc1nccs1. The number of amides is 1. The minimum atomic E-state index is -0.370. The first kappa shape index (κ1) is 18.8.